The minimum absolute atomic E-state index is 0.585. The molecule has 0 saturated carbocycles. The molecule has 14 rings (SSSR count). The largest absolute Gasteiger partial charge is 0.456 e. The molecule has 3 heterocycles. The van der Waals surface area contributed by atoms with Gasteiger partial charge in [0.15, 0.2) is 17.5 Å². The van der Waals surface area contributed by atoms with Gasteiger partial charge in [0.1, 0.15) is 11.2 Å². The number of aromatic nitrogens is 4. The highest BCUT2D eigenvalue weighted by molar-refractivity contribution is 6.24. The summed E-state index contributed by atoms with van der Waals surface area (Å²) in [5, 5.41) is 11.7. The summed E-state index contributed by atoms with van der Waals surface area (Å²) in [7, 11) is 0. The maximum Gasteiger partial charge on any atom is 0.164 e. The Morgan fingerprint density at radius 3 is 1.68 bits per heavy atom. The summed E-state index contributed by atoms with van der Waals surface area (Å²) in [4.78, 5) is 15.7. The number of rotatable bonds is 6. The van der Waals surface area contributed by atoms with Crippen molar-refractivity contribution in [2.75, 3.05) is 0 Å². The van der Waals surface area contributed by atoms with Gasteiger partial charge in [-0.3, -0.25) is 0 Å². The van der Waals surface area contributed by atoms with E-state index in [-0.39, 0.29) is 0 Å². The van der Waals surface area contributed by atoms with Crippen molar-refractivity contribution in [3.05, 3.63) is 231 Å². The van der Waals surface area contributed by atoms with Gasteiger partial charge in [0.25, 0.3) is 0 Å². The first-order chi connectivity index (χ1) is 33.7. The molecule has 0 atom stereocenters. The summed E-state index contributed by atoms with van der Waals surface area (Å²) in [5.41, 5.74) is 12.2. The van der Waals surface area contributed by atoms with E-state index in [2.05, 4.69) is 217 Å². The second kappa shape index (κ2) is 15.2. The summed E-state index contributed by atoms with van der Waals surface area (Å²) in [6.45, 7) is 0. The topological polar surface area (TPSA) is 56.7 Å². The number of hydrogen-bond acceptors (Lipinski definition) is 4. The summed E-state index contributed by atoms with van der Waals surface area (Å²) < 4.78 is 9.09. The van der Waals surface area contributed by atoms with E-state index >= 15 is 0 Å². The summed E-state index contributed by atoms with van der Waals surface area (Å²) in [5.74, 6) is 1.80. The van der Waals surface area contributed by atoms with E-state index in [0.29, 0.717) is 17.5 Å². The van der Waals surface area contributed by atoms with Crippen molar-refractivity contribution in [1.82, 2.24) is 19.5 Å². The van der Waals surface area contributed by atoms with Crippen molar-refractivity contribution in [2.24, 2.45) is 0 Å². The zero-order valence-electron chi connectivity index (χ0n) is 36.6. The maximum atomic E-state index is 6.66. The van der Waals surface area contributed by atoms with Crippen LogP contribution < -0.4 is 0 Å². The molecule has 316 valence electrons. The van der Waals surface area contributed by atoms with E-state index in [1.54, 1.807) is 0 Å². The van der Waals surface area contributed by atoms with Crippen LogP contribution in [0.15, 0.2) is 235 Å². The van der Waals surface area contributed by atoms with E-state index in [1.165, 1.54) is 43.4 Å². The maximum absolute atomic E-state index is 6.66. The van der Waals surface area contributed by atoms with Gasteiger partial charge >= 0.3 is 0 Å². The zero-order chi connectivity index (χ0) is 44.7. The molecule has 0 amide bonds. The Hall–Kier alpha value is -9.19. The van der Waals surface area contributed by atoms with Gasteiger partial charge in [0.05, 0.1) is 11.0 Å². The third-order valence-electron chi connectivity index (χ3n) is 13.6. The lowest BCUT2D eigenvalue weighted by atomic mass is 9.99. The first-order valence-corrected chi connectivity index (χ1v) is 23.0. The molecule has 0 aliphatic carbocycles. The highest BCUT2D eigenvalue weighted by atomic mass is 16.3. The molecule has 0 fully saturated rings. The van der Waals surface area contributed by atoms with Gasteiger partial charge in [0.2, 0.25) is 0 Å². The fourth-order valence-electron chi connectivity index (χ4n) is 10.4. The fraction of sp³-hybridized carbons (Fsp3) is 0. The van der Waals surface area contributed by atoms with Crippen LogP contribution >= 0.6 is 0 Å². The molecule has 0 aliphatic rings. The molecule has 3 aromatic heterocycles. The first kappa shape index (κ1) is 38.1. The number of fused-ring (bicyclic) bond motifs is 11. The van der Waals surface area contributed by atoms with Crippen molar-refractivity contribution in [3.63, 3.8) is 0 Å². The highest BCUT2D eigenvalue weighted by Gasteiger charge is 2.20. The van der Waals surface area contributed by atoms with E-state index < -0.39 is 0 Å². The molecule has 0 radical (unpaired) electrons. The molecule has 0 bridgehead atoms. The molecule has 0 aliphatic heterocycles. The van der Waals surface area contributed by atoms with Crippen LogP contribution in [0, 0.1) is 0 Å². The Labute approximate surface area is 390 Å². The number of nitrogens with zero attached hydrogens (tertiary/aromatic N) is 4. The van der Waals surface area contributed by atoms with Gasteiger partial charge in [-0.15, -0.1) is 0 Å². The summed E-state index contributed by atoms with van der Waals surface area (Å²) in [6, 6.07) is 81.7. The molecule has 0 spiro atoms. The summed E-state index contributed by atoms with van der Waals surface area (Å²) in [6.07, 6.45) is 0. The molecule has 5 heteroatoms. The van der Waals surface area contributed by atoms with Crippen LogP contribution in [-0.4, -0.2) is 19.5 Å². The smallest absolute Gasteiger partial charge is 0.164 e. The van der Waals surface area contributed by atoms with Crippen molar-refractivity contribution >= 4 is 76.1 Å². The normalized spacial score (nSPS) is 11.8. The molecule has 68 heavy (non-hydrogen) atoms. The SMILES string of the molecule is c1ccc(-c2ccc(-c3nc(-c4ccc5oc6ccc7ccc(-n8c9cc%10ccccc%10cc9c9c%10ccccc%10ccc98)cc7c6c5c4)nc(-c4ccccc4-c4ccccc4)n3)cc2)cc1. The molecular weight excluding hydrogens is 829 g/mol. The number of furan rings is 1. The average Bonchev–Trinajstić information content (AvgIpc) is 3.96. The molecule has 11 aromatic carbocycles. The van der Waals surface area contributed by atoms with Gasteiger partial charge in [-0.25, -0.2) is 15.0 Å². The monoisotopic (exact) mass is 866 g/mol. The van der Waals surface area contributed by atoms with Gasteiger partial charge < -0.3 is 8.98 Å². The Balaban J connectivity index is 0.969. The number of hydrogen-bond donors (Lipinski definition) is 0. The van der Waals surface area contributed by atoms with Crippen molar-refractivity contribution < 1.29 is 4.42 Å². The van der Waals surface area contributed by atoms with E-state index in [4.69, 9.17) is 19.4 Å². The number of benzene rings is 11. The highest BCUT2D eigenvalue weighted by Crippen LogP contribution is 2.42. The summed E-state index contributed by atoms with van der Waals surface area (Å²) >= 11 is 0. The lowest BCUT2D eigenvalue weighted by Gasteiger charge is -2.12. The van der Waals surface area contributed by atoms with Crippen LogP contribution in [0.3, 0.4) is 0 Å². The van der Waals surface area contributed by atoms with E-state index in [0.717, 1.165) is 77.3 Å². The first-order valence-electron chi connectivity index (χ1n) is 23.0. The fourth-order valence-corrected chi connectivity index (χ4v) is 10.4. The quantitative estimate of drug-likeness (QED) is 0.167. The van der Waals surface area contributed by atoms with Crippen molar-refractivity contribution in [1.29, 1.82) is 0 Å². The van der Waals surface area contributed by atoms with E-state index in [1.807, 2.05) is 18.2 Å². The minimum atomic E-state index is 0.585. The minimum Gasteiger partial charge on any atom is -0.456 e. The predicted octanol–water partition coefficient (Wildman–Crippen LogP) is 16.7. The van der Waals surface area contributed by atoms with Crippen molar-refractivity contribution in [3.8, 4) is 62.1 Å². The van der Waals surface area contributed by atoms with Crippen molar-refractivity contribution in [2.45, 2.75) is 0 Å². The Morgan fingerprint density at radius 1 is 0.294 bits per heavy atom. The molecule has 14 aromatic rings. The molecule has 0 unspecified atom stereocenters. The molecule has 0 N–H and O–H groups in total. The Kier molecular flexibility index (Phi) is 8.52. The molecular formula is C63H38N4O. The average molecular weight is 867 g/mol. The lowest BCUT2D eigenvalue weighted by molar-refractivity contribution is 0.669. The van der Waals surface area contributed by atoms with Crippen LogP contribution in [0.1, 0.15) is 0 Å². The predicted molar refractivity (Wildman–Crippen MR) is 281 cm³/mol. The van der Waals surface area contributed by atoms with Crippen LogP contribution in [0.5, 0.6) is 0 Å². The third kappa shape index (κ3) is 6.14. The lowest BCUT2D eigenvalue weighted by Crippen LogP contribution is -2.01. The zero-order valence-corrected chi connectivity index (χ0v) is 36.6. The van der Waals surface area contributed by atoms with Crippen LogP contribution in [0.4, 0.5) is 0 Å². The molecule has 0 saturated heterocycles. The third-order valence-corrected chi connectivity index (χ3v) is 13.6. The van der Waals surface area contributed by atoms with Gasteiger partial charge in [-0.05, 0) is 109 Å². The van der Waals surface area contributed by atoms with Crippen LogP contribution in [-0.2, 0) is 0 Å². The standard InChI is InChI=1S/C63H38N4O/c1-3-13-39(14-4-1)40-23-25-44(26-24-40)61-64-62(66-63(65-61)51-22-12-11-20-49(51)41-15-5-2-6-16-41)47-30-33-57-54(36-47)60-52-38-48(31-27-43(52)29-34-58(60)68-57)67-55-32-28-42-17-9-10-21-50(42)59(55)53-35-45-18-7-8-19-46(45)37-56(53)67/h1-38H. The van der Waals surface area contributed by atoms with Gasteiger partial charge in [0, 0.05) is 43.9 Å². The van der Waals surface area contributed by atoms with Gasteiger partial charge in [-0.1, -0.05) is 176 Å². The van der Waals surface area contributed by atoms with E-state index in [9.17, 15) is 0 Å². The Bertz CT molecular complexity index is 4300. The Morgan fingerprint density at radius 2 is 0.868 bits per heavy atom. The van der Waals surface area contributed by atoms with Gasteiger partial charge in [-0.2, -0.15) is 0 Å². The second-order valence-corrected chi connectivity index (χ2v) is 17.6. The van der Waals surface area contributed by atoms with Crippen LogP contribution in [0.2, 0.25) is 0 Å². The molecule has 5 nitrogen and oxygen atoms in total. The van der Waals surface area contributed by atoms with Crippen LogP contribution in [0.25, 0.3) is 138 Å². The second-order valence-electron chi connectivity index (χ2n) is 17.6.